The van der Waals surface area contributed by atoms with Gasteiger partial charge in [-0.1, -0.05) is 107 Å². The van der Waals surface area contributed by atoms with Crippen LogP contribution >= 0.6 is 0 Å². The maximum absolute atomic E-state index is 13.9. The number of carbonyl (C=O) groups excluding carboxylic acids is 3. The van der Waals surface area contributed by atoms with Crippen molar-refractivity contribution < 1.29 is 23.5 Å². The molecular formula is C43H52FNO4. The molecule has 2 aliphatic heterocycles. The number of ketones is 1. The van der Waals surface area contributed by atoms with E-state index in [4.69, 9.17) is 4.74 Å². The molecule has 1 aliphatic carbocycles. The van der Waals surface area contributed by atoms with Gasteiger partial charge in [-0.2, -0.15) is 0 Å². The first-order valence-electron chi connectivity index (χ1n) is 18.9. The minimum Gasteiger partial charge on any atom is -0.482 e. The van der Waals surface area contributed by atoms with Gasteiger partial charge in [0.2, 0.25) is 0 Å². The zero-order valence-electron chi connectivity index (χ0n) is 29.1. The van der Waals surface area contributed by atoms with E-state index in [1.54, 1.807) is 36.4 Å². The second kappa shape index (κ2) is 16.7. The van der Waals surface area contributed by atoms with E-state index in [0.29, 0.717) is 29.4 Å². The smallest absolute Gasteiger partial charge is 0.261 e. The van der Waals surface area contributed by atoms with E-state index in [-0.39, 0.29) is 35.9 Å². The highest BCUT2D eigenvalue weighted by atomic mass is 19.1. The maximum Gasteiger partial charge on any atom is 0.261 e. The van der Waals surface area contributed by atoms with Crippen molar-refractivity contribution in [2.24, 2.45) is 17.8 Å². The quantitative estimate of drug-likeness (QED) is 0.104. The van der Waals surface area contributed by atoms with Gasteiger partial charge in [-0.25, -0.2) is 4.39 Å². The van der Waals surface area contributed by atoms with Crippen molar-refractivity contribution in [1.82, 2.24) is 4.90 Å². The maximum atomic E-state index is 13.9. The van der Waals surface area contributed by atoms with Crippen LogP contribution in [0.2, 0.25) is 0 Å². The van der Waals surface area contributed by atoms with Crippen molar-refractivity contribution in [3.63, 3.8) is 0 Å². The van der Waals surface area contributed by atoms with Gasteiger partial charge in [-0.3, -0.25) is 19.3 Å². The van der Waals surface area contributed by atoms with Crippen molar-refractivity contribution in [3.8, 4) is 5.75 Å². The average molecular weight is 666 g/mol. The molecule has 0 radical (unpaired) electrons. The number of nitrogens with zero attached hydrogens (tertiary/aromatic N) is 1. The normalized spacial score (nSPS) is 23.2. The second-order valence-corrected chi connectivity index (χ2v) is 14.8. The molecule has 2 amide bonds. The number of ether oxygens (including phenoxy) is 1. The number of amides is 2. The third kappa shape index (κ3) is 8.69. The van der Waals surface area contributed by atoms with E-state index >= 15 is 0 Å². The Morgan fingerprint density at radius 2 is 1.41 bits per heavy atom. The van der Waals surface area contributed by atoms with Gasteiger partial charge in [-0.15, -0.1) is 0 Å². The van der Waals surface area contributed by atoms with Crippen LogP contribution in [-0.4, -0.2) is 35.1 Å². The molecule has 1 fully saturated rings. The molecular weight excluding hydrogens is 613 g/mol. The Kier molecular flexibility index (Phi) is 12.0. The first-order valence-corrected chi connectivity index (χ1v) is 18.9. The van der Waals surface area contributed by atoms with E-state index in [1.165, 1.54) is 68.3 Å². The van der Waals surface area contributed by atoms with Crippen molar-refractivity contribution in [3.05, 3.63) is 101 Å². The van der Waals surface area contributed by atoms with E-state index < -0.39 is 6.10 Å². The number of para-hydroxylation sites is 1. The molecule has 5 atom stereocenters. The Morgan fingerprint density at radius 3 is 2.16 bits per heavy atom. The second-order valence-electron chi connectivity index (χ2n) is 14.8. The van der Waals surface area contributed by atoms with Gasteiger partial charge in [0, 0.05) is 18.9 Å². The van der Waals surface area contributed by atoms with Crippen LogP contribution in [0, 0.1) is 23.6 Å². The third-order valence-corrected chi connectivity index (χ3v) is 11.6. The van der Waals surface area contributed by atoms with E-state index in [0.717, 1.165) is 49.3 Å². The molecule has 1 saturated carbocycles. The van der Waals surface area contributed by atoms with Gasteiger partial charge in [0.05, 0.1) is 11.1 Å². The number of aryl methyl sites for hydroxylation is 1. The molecule has 0 N–H and O–H groups in total. The lowest BCUT2D eigenvalue weighted by atomic mass is 9.82. The lowest BCUT2D eigenvalue weighted by molar-refractivity contribution is -0.131. The number of fused-ring (bicyclic) bond motifs is 2. The highest BCUT2D eigenvalue weighted by molar-refractivity contribution is 6.21. The molecule has 49 heavy (non-hydrogen) atoms. The summed E-state index contributed by atoms with van der Waals surface area (Å²) in [6.07, 6.45) is 15.7. The lowest BCUT2D eigenvalue weighted by Crippen LogP contribution is -2.40. The number of Topliss-reactive ketones (excluding diaryl/α,β-unsaturated/α-hetero) is 1. The summed E-state index contributed by atoms with van der Waals surface area (Å²) < 4.78 is 19.7. The number of hydrogen-bond acceptors (Lipinski definition) is 4. The van der Waals surface area contributed by atoms with Gasteiger partial charge < -0.3 is 4.74 Å². The molecule has 6 heteroatoms. The SMILES string of the molecule is CC(c1ccc(F)cc1)C1CCCC(CCCCCCCC2CCc3ccccc3OC(CCN3C(=O)c4ccccc4C3=O)C2=O)CC1. The van der Waals surface area contributed by atoms with Gasteiger partial charge in [0.1, 0.15) is 11.6 Å². The Labute approximate surface area is 291 Å². The fourth-order valence-electron chi connectivity index (χ4n) is 8.54. The van der Waals surface area contributed by atoms with E-state index in [9.17, 15) is 18.8 Å². The number of unbranched alkanes of at least 4 members (excludes halogenated alkanes) is 4. The molecule has 3 aliphatic rings. The van der Waals surface area contributed by atoms with Gasteiger partial charge in [0.15, 0.2) is 11.9 Å². The summed E-state index contributed by atoms with van der Waals surface area (Å²) in [5, 5.41) is 0. The first kappa shape index (κ1) is 35.0. The molecule has 0 bridgehead atoms. The summed E-state index contributed by atoms with van der Waals surface area (Å²) in [7, 11) is 0. The van der Waals surface area contributed by atoms with Crippen molar-refractivity contribution in [1.29, 1.82) is 0 Å². The highest BCUT2D eigenvalue weighted by Gasteiger charge is 2.37. The summed E-state index contributed by atoms with van der Waals surface area (Å²) in [4.78, 5) is 41.1. The topological polar surface area (TPSA) is 63.7 Å². The monoisotopic (exact) mass is 665 g/mol. The predicted molar refractivity (Wildman–Crippen MR) is 191 cm³/mol. The van der Waals surface area contributed by atoms with Crippen LogP contribution in [-0.2, 0) is 11.2 Å². The molecule has 3 aromatic carbocycles. The molecule has 5 nitrogen and oxygen atoms in total. The molecule has 260 valence electrons. The Balaban J connectivity index is 0.938. The summed E-state index contributed by atoms with van der Waals surface area (Å²) in [5.41, 5.74) is 3.23. The van der Waals surface area contributed by atoms with Crippen molar-refractivity contribution >= 4 is 17.6 Å². The fourth-order valence-corrected chi connectivity index (χ4v) is 8.54. The van der Waals surface area contributed by atoms with E-state index in [1.807, 2.05) is 30.3 Å². The summed E-state index contributed by atoms with van der Waals surface area (Å²) in [5.74, 6) is 1.99. The number of hydrogen-bond donors (Lipinski definition) is 0. The third-order valence-electron chi connectivity index (χ3n) is 11.6. The number of halogens is 1. The molecule has 0 spiro atoms. The summed E-state index contributed by atoms with van der Waals surface area (Å²) in [6, 6.07) is 21.9. The van der Waals surface area contributed by atoms with Gasteiger partial charge >= 0.3 is 0 Å². The zero-order chi connectivity index (χ0) is 34.2. The van der Waals surface area contributed by atoms with Crippen molar-refractivity contribution in [2.75, 3.05) is 6.54 Å². The molecule has 3 aromatic rings. The van der Waals surface area contributed by atoms with E-state index in [2.05, 4.69) is 13.0 Å². The number of rotatable bonds is 13. The Bertz CT molecular complexity index is 1550. The largest absolute Gasteiger partial charge is 0.482 e. The standard InChI is InChI=1S/C43H52FNO4/c1-30(33-24-26-36(44)27-25-33)32-16-11-13-31(20-21-32)12-5-3-2-4-6-15-35-23-22-34-14-7-10-19-39(34)49-40(41(35)46)28-29-45-42(47)37-17-8-9-18-38(37)43(45)48/h7-10,14,17-19,24-27,30-32,35,40H,2-6,11-13,15-16,20-23,28-29H2,1H3. The molecule has 6 rings (SSSR count). The lowest BCUT2D eigenvalue weighted by Gasteiger charge is -2.28. The average Bonchev–Trinajstić information content (AvgIpc) is 3.24. The summed E-state index contributed by atoms with van der Waals surface area (Å²) in [6.45, 7) is 2.47. The molecule has 2 heterocycles. The van der Waals surface area contributed by atoms with Crippen LogP contribution in [0.4, 0.5) is 4.39 Å². The fraction of sp³-hybridized carbons (Fsp3) is 0.512. The Hall–Kier alpha value is -3.80. The van der Waals surface area contributed by atoms with Crippen LogP contribution in [0.3, 0.4) is 0 Å². The van der Waals surface area contributed by atoms with Crippen LogP contribution in [0.1, 0.15) is 135 Å². The summed E-state index contributed by atoms with van der Waals surface area (Å²) >= 11 is 0. The minimum absolute atomic E-state index is 0.0863. The number of benzene rings is 3. The zero-order valence-corrected chi connectivity index (χ0v) is 29.1. The molecule has 5 unspecified atom stereocenters. The first-order chi connectivity index (χ1) is 23.9. The van der Waals surface area contributed by atoms with Gasteiger partial charge in [-0.05, 0) is 91.3 Å². The van der Waals surface area contributed by atoms with Crippen LogP contribution in [0.25, 0.3) is 0 Å². The minimum atomic E-state index is -0.686. The molecule has 0 saturated heterocycles. The van der Waals surface area contributed by atoms with Crippen LogP contribution in [0.15, 0.2) is 72.8 Å². The predicted octanol–water partition coefficient (Wildman–Crippen LogP) is 10.1. The number of imide groups is 1. The van der Waals surface area contributed by atoms with Crippen LogP contribution < -0.4 is 4.74 Å². The molecule has 0 aromatic heterocycles. The van der Waals surface area contributed by atoms with Gasteiger partial charge in [0.25, 0.3) is 11.8 Å². The number of carbonyl (C=O) groups is 3. The van der Waals surface area contributed by atoms with Crippen LogP contribution in [0.5, 0.6) is 5.75 Å². The Morgan fingerprint density at radius 1 is 0.735 bits per heavy atom. The highest BCUT2D eigenvalue weighted by Crippen LogP contribution is 2.38. The van der Waals surface area contributed by atoms with Crippen molar-refractivity contribution in [2.45, 2.75) is 115 Å².